The highest BCUT2D eigenvalue weighted by atomic mass is 35.5. The Labute approximate surface area is 201 Å². The molecule has 34 heavy (non-hydrogen) atoms. The number of hydroxylamine groups is 2. The second-order valence-corrected chi connectivity index (χ2v) is 8.24. The second kappa shape index (κ2) is 10.1. The van der Waals surface area contributed by atoms with E-state index in [-0.39, 0.29) is 16.3 Å². The molecular formula is C24H26ClN5O4. The van der Waals surface area contributed by atoms with Crippen molar-refractivity contribution >= 4 is 46.0 Å². The molecule has 3 aromatic rings. The highest BCUT2D eigenvalue weighted by Crippen LogP contribution is 2.31. The highest BCUT2D eigenvalue weighted by Gasteiger charge is 2.22. The van der Waals surface area contributed by atoms with Crippen molar-refractivity contribution in [3.63, 3.8) is 0 Å². The molecule has 0 bridgehead atoms. The summed E-state index contributed by atoms with van der Waals surface area (Å²) in [6.45, 7) is 5.42. The molecule has 1 aromatic carbocycles. The number of aliphatic imine (C=N–C) groups is 1. The van der Waals surface area contributed by atoms with Crippen LogP contribution in [0.4, 0.5) is 5.69 Å². The lowest BCUT2D eigenvalue weighted by Crippen LogP contribution is -2.25. The lowest BCUT2D eigenvalue weighted by molar-refractivity contribution is -0.0378. The van der Waals surface area contributed by atoms with E-state index in [9.17, 15) is 14.8 Å². The smallest absolute Gasteiger partial charge is 0.297 e. The summed E-state index contributed by atoms with van der Waals surface area (Å²) in [6.07, 6.45) is 2.86. The van der Waals surface area contributed by atoms with E-state index in [4.69, 9.17) is 21.8 Å². The summed E-state index contributed by atoms with van der Waals surface area (Å²) in [5, 5.41) is 13.8. The minimum Gasteiger partial charge on any atom is -0.455 e. The van der Waals surface area contributed by atoms with Crippen molar-refractivity contribution in [2.24, 2.45) is 10.7 Å². The molecule has 10 heteroatoms. The van der Waals surface area contributed by atoms with Crippen LogP contribution < -0.4 is 16.5 Å². The van der Waals surface area contributed by atoms with Crippen molar-refractivity contribution in [3.8, 4) is 0 Å². The lowest BCUT2D eigenvalue weighted by atomic mass is 9.99. The topological polar surface area (TPSA) is 134 Å². The molecule has 0 aliphatic heterocycles. The molecular weight excluding hydrogens is 458 g/mol. The average Bonchev–Trinajstić information content (AvgIpc) is 2.80. The van der Waals surface area contributed by atoms with Gasteiger partial charge in [0.05, 0.1) is 22.7 Å². The normalized spacial score (nSPS) is 12.9. The van der Waals surface area contributed by atoms with Crippen LogP contribution in [0.2, 0.25) is 5.15 Å². The zero-order valence-electron chi connectivity index (χ0n) is 19.5. The third-order valence-corrected chi connectivity index (χ3v) is 5.51. The lowest BCUT2D eigenvalue weighted by Gasteiger charge is -2.20. The number of carbonyl (C=O) groups is 1. The van der Waals surface area contributed by atoms with Gasteiger partial charge in [-0.05, 0) is 44.5 Å². The Hall–Kier alpha value is -3.69. The molecule has 1 atom stereocenters. The van der Waals surface area contributed by atoms with Crippen LogP contribution in [0.5, 0.6) is 0 Å². The van der Waals surface area contributed by atoms with Gasteiger partial charge in [0.15, 0.2) is 11.1 Å². The summed E-state index contributed by atoms with van der Waals surface area (Å²) >= 11 is 5.97. The van der Waals surface area contributed by atoms with Gasteiger partial charge in [0, 0.05) is 37.6 Å². The van der Waals surface area contributed by atoms with E-state index in [1.54, 1.807) is 26.1 Å². The molecule has 2 heterocycles. The van der Waals surface area contributed by atoms with Gasteiger partial charge in [0.1, 0.15) is 16.5 Å². The standard InChI is InChI=1S/C24H26ClN5O4/c1-12-8-16(14(3)28-18-6-7-19(25)29-20(18)24(32)30(5)33)23-17(9-12)21(31)13(2)22(34-23)15(10-26)11-27-4/h6-11,14,28,33H,26H2,1-5H3/b15-10+,27-11?. The monoisotopic (exact) mass is 483 g/mol. The van der Waals surface area contributed by atoms with E-state index in [0.717, 1.165) is 5.56 Å². The van der Waals surface area contributed by atoms with Gasteiger partial charge in [0.2, 0.25) is 0 Å². The van der Waals surface area contributed by atoms with E-state index >= 15 is 0 Å². The number of aryl methyl sites for hydroxylation is 1. The summed E-state index contributed by atoms with van der Waals surface area (Å²) in [5.74, 6) is -0.402. The van der Waals surface area contributed by atoms with Crippen molar-refractivity contribution in [1.82, 2.24) is 10.0 Å². The van der Waals surface area contributed by atoms with Crippen LogP contribution in [0, 0.1) is 13.8 Å². The molecule has 0 aliphatic rings. The number of nitrogens with one attached hydrogen (secondary N) is 1. The van der Waals surface area contributed by atoms with Crippen LogP contribution in [0.15, 0.2) is 44.7 Å². The first-order valence-electron chi connectivity index (χ1n) is 10.4. The van der Waals surface area contributed by atoms with Crippen molar-refractivity contribution in [1.29, 1.82) is 0 Å². The van der Waals surface area contributed by atoms with Crippen LogP contribution in [0.25, 0.3) is 16.5 Å². The Morgan fingerprint density at radius 3 is 2.68 bits per heavy atom. The first-order chi connectivity index (χ1) is 16.1. The minimum atomic E-state index is -0.729. The fourth-order valence-corrected chi connectivity index (χ4v) is 3.81. The largest absolute Gasteiger partial charge is 0.455 e. The maximum Gasteiger partial charge on any atom is 0.297 e. The second-order valence-electron chi connectivity index (χ2n) is 7.85. The molecule has 2 aromatic heterocycles. The number of carbonyl (C=O) groups excluding carboxylic acids is 1. The third-order valence-electron chi connectivity index (χ3n) is 5.30. The molecule has 0 fully saturated rings. The zero-order valence-corrected chi connectivity index (χ0v) is 20.3. The summed E-state index contributed by atoms with van der Waals surface area (Å²) < 4.78 is 6.23. The Morgan fingerprint density at radius 1 is 1.35 bits per heavy atom. The van der Waals surface area contributed by atoms with Crippen LogP contribution in [0.1, 0.15) is 45.9 Å². The highest BCUT2D eigenvalue weighted by molar-refractivity contribution is 6.29. The first kappa shape index (κ1) is 24.9. The number of nitrogens with two attached hydrogens (primary N) is 1. The number of aromatic nitrogens is 1. The molecule has 0 spiro atoms. The quantitative estimate of drug-likeness (QED) is 0.208. The number of halogens is 1. The van der Waals surface area contributed by atoms with Crippen molar-refractivity contribution in [2.75, 3.05) is 19.4 Å². The summed E-state index contributed by atoms with van der Waals surface area (Å²) in [4.78, 5) is 33.7. The number of fused-ring (bicyclic) bond motifs is 1. The number of rotatable bonds is 6. The number of pyridine rings is 1. The van der Waals surface area contributed by atoms with E-state index in [2.05, 4.69) is 15.3 Å². The molecule has 4 N–H and O–H groups in total. The number of anilines is 1. The number of nitrogens with zero attached hydrogens (tertiary/aromatic N) is 3. The van der Waals surface area contributed by atoms with Gasteiger partial charge in [-0.25, -0.2) is 10.0 Å². The van der Waals surface area contributed by atoms with E-state index in [0.29, 0.717) is 44.2 Å². The van der Waals surface area contributed by atoms with Crippen molar-refractivity contribution < 1.29 is 14.4 Å². The number of amides is 1. The maximum atomic E-state index is 13.2. The van der Waals surface area contributed by atoms with Gasteiger partial charge in [-0.3, -0.25) is 19.8 Å². The SMILES string of the molecule is CN=C/C(=C\N)c1oc2c(C(C)Nc3ccc(Cl)nc3C(=O)N(C)O)cc(C)cc2c(=O)c1C. The molecule has 0 saturated heterocycles. The summed E-state index contributed by atoms with van der Waals surface area (Å²) in [5.41, 5.74) is 8.71. The summed E-state index contributed by atoms with van der Waals surface area (Å²) in [7, 11) is 2.80. The molecule has 3 rings (SSSR count). The number of hydrogen-bond acceptors (Lipinski definition) is 8. The predicted octanol–water partition coefficient (Wildman–Crippen LogP) is 4.09. The molecule has 1 amide bonds. The van der Waals surface area contributed by atoms with E-state index in [1.807, 2.05) is 19.9 Å². The molecule has 1 unspecified atom stereocenters. The maximum absolute atomic E-state index is 13.2. The van der Waals surface area contributed by atoms with Gasteiger partial charge in [-0.2, -0.15) is 0 Å². The number of allylic oxidation sites excluding steroid dienone is 1. The zero-order chi connectivity index (χ0) is 25.2. The Bertz CT molecular complexity index is 1380. The van der Waals surface area contributed by atoms with Gasteiger partial charge >= 0.3 is 0 Å². The molecule has 0 saturated carbocycles. The number of hydrogen-bond donors (Lipinski definition) is 3. The number of benzene rings is 1. The fourth-order valence-electron chi connectivity index (χ4n) is 3.66. The Balaban J connectivity index is 2.20. The van der Waals surface area contributed by atoms with E-state index in [1.165, 1.54) is 25.5 Å². The van der Waals surface area contributed by atoms with Gasteiger partial charge in [-0.1, -0.05) is 17.7 Å². The predicted molar refractivity (Wildman–Crippen MR) is 134 cm³/mol. The molecule has 178 valence electrons. The van der Waals surface area contributed by atoms with Crippen LogP contribution >= 0.6 is 11.6 Å². The van der Waals surface area contributed by atoms with E-state index < -0.39 is 11.9 Å². The van der Waals surface area contributed by atoms with Gasteiger partial charge in [-0.15, -0.1) is 0 Å². The van der Waals surface area contributed by atoms with Crippen molar-refractivity contribution in [2.45, 2.75) is 26.8 Å². The fraction of sp³-hybridized carbons (Fsp3) is 0.250. The Morgan fingerprint density at radius 2 is 2.06 bits per heavy atom. The molecule has 9 nitrogen and oxygen atoms in total. The third kappa shape index (κ3) is 4.80. The Kier molecular flexibility index (Phi) is 7.38. The molecule has 0 aliphatic carbocycles. The minimum absolute atomic E-state index is 0.0493. The average molecular weight is 484 g/mol. The van der Waals surface area contributed by atoms with Crippen LogP contribution in [0.3, 0.4) is 0 Å². The van der Waals surface area contributed by atoms with Crippen molar-refractivity contribution in [3.05, 3.63) is 74.0 Å². The molecule has 0 radical (unpaired) electrons. The van der Waals surface area contributed by atoms with Crippen LogP contribution in [-0.2, 0) is 0 Å². The first-order valence-corrected chi connectivity index (χ1v) is 10.8. The summed E-state index contributed by atoms with van der Waals surface area (Å²) in [6, 6.07) is 6.37. The van der Waals surface area contributed by atoms with Gasteiger partial charge in [0.25, 0.3) is 5.91 Å². The van der Waals surface area contributed by atoms with Crippen LogP contribution in [-0.4, -0.2) is 41.5 Å². The van der Waals surface area contributed by atoms with Gasteiger partial charge < -0.3 is 15.5 Å².